The first kappa shape index (κ1) is 18.1. The van der Waals surface area contributed by atoms with Crippen LogP contribution in [-0.2, 0) is 6.54 Å². The lowest BCUT2D eigenvalue weighted by Gasteiger charge is -2.10. The summed E-state index contributed by atoms with van der Waals surface area (Å²) in [5.74, 6) is -0.276. The number of hydrogen-bond donors (Lipinski definition) is 2. The number of hydrogen-bond acceptors (Lipinski definition) is 5. The van der Waals surface area contributed by atoms with Crippen LogP contribution in [0.2, 0.25) is 0 Å². The van der Waals surface area contributed by atoms with Gasteiger partial charge in [-0.25, -0.2) is 4.98 Å². The Balaban J connectivity index is 1.69. The summed E-state index contributed by atoms with van der Waals surface area (Å²) in [6.07, 6.45) is 1.66. The highest BCUT2D eigenvalue weighted by Crippen LogP contribution is 2.23. The molecule has 136 valence electrons. The van der Waals surface area contributed by atoms with E-state index in [2.05, 4.69) is 20.6 Å². The first-order chi connectivity index (χ1) is 13.2. The molecule has 0 saturated carbocycles. The number of nitrogens with zero attached hydrogens (tertiary/aromatic N) is 2. The van der Waals surface area contributed by atoms with Crippen molar-refractivity contribution >= 4 is 17.5 Å². The fourth-order valence-corrected chi connectivity index (χ4v) is 2.39. The Morgan fingerprint density at radius 3 is 2.41 bits per heavy atom. The fourth-order valence-electron chi connectivity index (χ4n) is 2.39. The number of rotatable bonds is 6. The summed E-state index contributed by atoms with van der Waals surface area (Å²) < 4.78 is 5.21. The summed E-state index contributed by atoms with van der Waals surface area (Å²) in [5.41, 5.74) is 1.54. The third-order valence-corrected chi connectivity index (χ3v) is 3.73. The summed E-state index contributed by atoms with van der Waals surface area (Å²) >= 11 is 0. The van der Waals surface area contributed by atoms with Gasteiger partial charge in [0.15, 0.2) is 0 Å². The number of methoxy groups -OCH3 is 1. The zero-order valence-electron chi connectivity index (χ0n) is 14.7. The smallest absolute Gasteiger partial charge is 0.274 e. The van der Waals surface area contributed by atoms with E-state index < -0.39 is 5.91 Å². The van der Waals surface area contributed by atoms with Crippen molar-refractivity contribution in [2.24, 2.45) is 0 Å². The van der Waals surface area contributed by atoms with Gasteiger partial charge in [-0.2, -0.15) is 0 Å². The van der Waals surface area contributed by atoms with Crippen LogP contribution in [0.1, 0.15) is 26.7 Å². The molecule has 0 unspecified atom stereocenters. The lowest BCUT2D eigenvalue weighted by atomic mass is 10.2. The van der Waals surface area contributed by atoms with E-state index in [0.717, 1.165) is 5.69 Å². The number of aromatic nitrogens is 2. The van der Waals surface area contributed by atoms with Crippen molar-refractivity contribution in [1.29, 1.82) is 0 Å². The highest BCUT2D eigenvalue weighted by molar-refractivity contribution is 6.04. The monoisotopic (exact) mass is 362 g/mol. The van der Waals surface area contributed by atoms with E-state index in [-0.39, 0.29) is 23.8 Å². The fraction of sp³-hybridized carbons (Fsp3) is 0.100. The number of carbonyl (C=O) groups excluding carboxylic acids is 2. The van der Waals surface area contributed by atoms with Crippen LogP contribution in [0.25, 0.3) is 0 Å². The second-order valence-corrected chi connectivity index (χ2v) is 5.57. The predicted molar refractivity (Wildman–Crippen MR) is 101 cm³/mol. The van der Waals surface area contributed by atoms with Crippen molar-refractivity contribution in [3.63, 3.8) is 0 Å². The molecular formula is C20H18N4O3. The topological polar surface area (TPSA) is 93.2 Å². The molecule has 0 aliphatic heterocycles. The van der Waals surface area contributed by atoms with Crippen molar-refractivity contribution in [1.82, 2.24) is 15.3 Å². The molecule has 0 fully saturated rings. The zero-order valence-corrected chi connectivity index (χ0v) is 14.7. The van der Waals surface area contributed by atoms with Gasteiger partial charge < -0.3 is 15.4 Å². The van der Waals surface area contributed by atoms with Gasteiger partial charge in [0.2, 0.25) is 0 Å². The first-order valence-corrected chi connectivity index (χ1v) is 8.27. The van der Waals surface area contributed by atoms with E-state index in [1.165, 1.54) is 7.11 Å². The molecule has 2 heterocycles. The number of ether oxygens (including phenoxy) is 1. The van der Waals surface area contributed by atoms with Crippen LogP contribution in [0.15, 0.2) is 66.9 Å². The van der Waals surface area contributed by atoms with E-state index in [1.54, 1.807) is 54.7 Å². The maximum absolute atomic E-state index is 12.5. The summed E-state index contributed by atoms with van der Waals surface area (Å²) in [6.45, 7) is 0.277. The third-order valence-electron chi connectivity index (χ3n) is 3.73. The summed E-state index contributed by atoms with van der Waals surface area (Å²) in [5, 5.41) is 5.47. The van der Waals surface area contributed by atoms with Crippen LogP contribution >= 0.6 is 0 Å². The second kappa shape index (κ2) is 8.57. The predicted octanol–water partition coefficient (Wildman–Crippen LogP) is 2.67. The van der Waals surface area contributed by atoms with Crippen molar-refractivity contribution in [3.05, 3.63) is 83.9 Å². The number of pyridine rings is 2. The van der Waals surface area contributed by atoms with Gasteiger partial charge in [0.1, 0.15) is 17.1 Å². The molecule has 2 amide bonds. The van der Waals surface area contributed by atoms with Crippen molar-refractivity contribution in [2.45, 2.75) is 6.54 Å². The van der Waals surface area contributed by atoms with Crippen LogP contribution in [0, 0.1) is 0 Å². The molecule has 1 aromatic carbocycles. The van der Waals surface area contributed by atoms with Gasteiger partial charge >= 0.3 is 0 Å². The van der Waals surface area contributed by atoms with Crippen molar-refractivity contribution in [2.75, 3.05) is 12.4 Å². The minimum Gasteiger partial charge on any atom is -0.495 e. The van der Waals surface area contributed by atoms with Crippen LogP contribution in [0.5, 0.6) is 5.75 Å². The van der Waals surface area contributed by atoms with E-state index in [9.17, 15) is 9.59 Å². The van der Waals surface area contributed by atoms with Crippen molar-refractivity contribution < 1.29 is 14.3 Å². The largest absolute Gasteiger partial charge is 0.495 e. The molecule has 2 aromatic heterocycles. The third kappa shape index (κ3) is 4.66. The SMILES string of the molecule is COc1ccccc1NC(=O)c1cccc(C(=O)NCc2ccccn2)n1. The molecule has 3 rings (SSSR count). The molecule has 0 aliphatic rings. The molecule has 2 N–H and O–H groups in total. The second-order valence-electron chi connectivity index (χ2n) is 5.57. The Labute approximate surface area is 156 Å². The standard InChI is InChI=1S/C20H18N4O3/c1-27-18-11-3-2-8-15(18)24-20(26)17-10-6-9-16(23-17)19(25)22-13-14-7-4-5-12-21-14/h2-12H,13H2,1H3,(H,22,25)(H,24,26). The molecule has 7 heteroatoms. The minimum absolute atomic E-state index is 0.131. The molecule has 27 heavy (non-hydrogen) atoms. The Morgan fingerprint density at radius 2 is 1.67 bits per heavy atom. The van der Waals surface area contributed by atoms with Crippen LogP contribution in [-0.4, -0.2) is 28.9 Å². The van der Waals surface area contributed by atoms with Gasteiger partial charge in [0.25, 0.3) is 11.8 Å². The lowest BCUT2D eigenvalue weighted by Crippen LogP contribution is -2.25. The zero-order chi connectivity index (χ0) is 19.1. The van der Waals surface area contributed by atoms with Crippen LogP contribution < -0.4 is 15.4 Å². The molecule has 7 nitrogen and oxygen atoms in total. The van der Waals surface area contributed by atoms with Gasteiger partial charge in [-0.05, 0) is 36.4 Å². The highest BCUT2D eigenvalue weighted by atomic mass is 16.5. The molecule has 0 saturated heterocycles. The maximum atomic E-state index is 12.5. The van der Waals surface area contributed by atoms with Gasteiger partial charge in [-0.15, -0.1) is 0 Å². The quantitative estimate of drug-likeness (QED) is 0.703. The first-order valence-electron chi connectivity index (χ1n) is 8.27. The number of amides is 2. The Bertz CT molecular complexity index is 945. The molecule has 0 radical (unpaired) electrons. The molecule has 0 aliphatic carbocycles. The van der Waals surface area contributed by atoms with Gasteiger partial charge in [-0.3, -0.25) is 14.6 Å². The Hall–Kier alpha value is -3.74. The number of nitrogens with one attached hydrogen (secondary N) is 2. The van der Waals surface area contributed by atoms with Gasteiger partial charge in [-0.1, -0.05) is 24.3 Å². The minimum atomic E-state index is -0.432. The molecule has 3 aromatic rings. The highest BCUT2D eigenvalue weighted by Gasteiger charge is 2.14. The molecule has 0 spiro atoms. The van der Waals surface area contributed by atoms with Gasteiger partial charge in [0, 0.05) is 6.20 Å². The summed E-state index contributed by atoms with van der Waals surface area (Å²) in [4.78, 5) is 33.1. The van der Waals surface area contributed by atoms with Gasteiger partial charge in [0.05, 0.1) is 25.0 Å². The Kier molecular flexibility index (Phi) is 5.73. The van der Waals surface area contributed by atoms with Crippen LogP contribution in [0.4, 0.5) is 5.69 Å². The van der Waals surface area contributed by atoms with Crippen molar-refractivity contribution in [3.8, 4) is 5.75 Å². The van der Waals surface area contributed by atoms with E-state index in [4.69, 9.17) is 4.74 Å². The Morgan fingerprint density at radius 1 is 0.926 bits per heavy atom. The number of carbonyl (C=O) groups is 2. The van der Waals surface area contributed by atoms with E-state index in [1.807, 2.05) is 12.1 Å². The number of benzene rings is 1. The molecule has 0 bridgehead atoms. The molecular weight excluding hydrogens is 344 g/mol. The van der Waals surface area contributed by atoms with E-state index in [0.29, 0.717) is 11.4 Å². The average molecular weight is 362 g/mol. The summed E-state index contributed by atoms with van der Waals surface area (Å²) in [6, 6.07) is 17.2. The lowest BCUT2D eigenvalue weighted by molar-refractivity contribution is 0.0945. The summed E-state index contributed by atoms with van der Waals surface area (Å²) in [7, 11) is 1.52. The number of anilines is 1. The molecule has 0 atom stereocenters. The average Bonchev–Trinajstić information content (AvgIpc) is 2.73. The van der Waals surface area contributed by atoms with Crippen LogP contribution in [0.3, 0.4) is 0 Å². The number of para-hydroxylation sites is 2. The van der Waals surface area contributed by atoms with E-state index >= 15 is 0 Å². The normalized spacial score (nSPS) is 10.1. The maximum Gasteiger partial charge on any atom is 0.274 e.